The van der Waals surface area contributed by atoms with E-state index in [0.717, 1.165) is 22.3 Å². The number of fused-ring (bicyclic) bond motifs is 1. The molecule has 1 saturated carbocycles. The Kier molecular flexibility index (Phi) is 4.28. The second-order valence-corrected chi connectivity index (χ2v) is 6.03. The van der Waals surface area contributed by atoms with Gasteiger partial charge < -0.3 is 10.1 Å². The highest BCUT2D eigenvalue weighted by atomic mass is 16.5. The Bertz CT molecular complexity index is 616. The maximum absolute atomic E-state index is 5.36. The molecule has 3 heteroatoms. The van der Waals surface area contributed by atoms with Crippen LogP contribution in [0.25, 0.3) is 10.9 Å². The lowest BCUT2D eigenvalue weighted by Crippen LogP contribution is -2.18. The molecule has 0 amide bonds. The Morgan fingerprint density at radius 2 is 1.86 bits per heavy atom. The van der Waals surface area contributed by atoms with E-state index in [1.54, 1.807) is 7.11 Å². The Morgan fingerprint density at radius 3 is 2.57 bits per heavy atom. The fraction of sp³-hybridized carbons (Fsp3) is 0.500. The number of anilines is 1. The van der Waals surface area contributed by atoms with Crippen LogP contribution in [0.2, 0.25) is 0 Å². The van der Waals surface area contributed by atoms with Crippen LogP contribution < -0.4 is 10.1 Å². The van der Waals surface area contributed by atoms with E-state index in [9.17, 15) is 0 Å². The van der Waals surface area contributed by atoms with Crippen LogP contribution in [0.4, 0.5) is 5.69 Å². The Balaban J connectivity index is 1.95. The SMILES string of the molecule is COc1ccc2nc(C)cc(NC3CCCCCC3)c2c1. The van der Waals surface area contributed by atoms with Gasteiger partial charge in [0.25, 0.3) is 0 Å². The lowest BCUT2D eigenvalue weighted by atomic mass is 10.1. The van der Waals surface area contributed by atoms with Gasteiger partial charge in [-0.2, -0.15) is 0 Å². The van der Waals surface area contributed by atoms with Gasteiger partial charge in [-0.05, 0) is 44.0 Å². The van der Waals surface area contributed by atoms with Gasteiger partial charge in [-0.1, -0.05) is 25.7 Å². The van der Waals surface area contributed by atoms with Crippen LogP contribution in [0.1, 0.15) is 44.2 Å². The van der Waals surface area contributed by atoms with Gasteiger partial charge in [0.1, 0.15) is 5.75 Å². The molecular formula is C18H24N2O. The van der Waals surface area contributed by atoms with Gasteiger partial charge in [0.2, 0.25) is 0 Å². The number of hydrogen-bond donors (Lipinski definition) is 1. The fourth-order valence-electron chi connectivity index (χ4n) is 3.23. The van der Waals surface area contributed by atoms with Crippen molar-refractivity contribution in [2.24, 2.45) is 0 Å². The smallest absolute Gasteiger partial charge is 0.119 e. The third-order valence-corrected chi connectivity index (χ3v) is 4.36. The molecule has 0 spiro atoms. The molecule has 3 nitrogen and oxygen atoms in total. The molecule has 112 valence electrons. The molecular weight excluding hydrogens is 260 g/mol. The molecule has 1 N–H and O–H groups in total. The monoisotopic (exact) mass is 284 g/mol. The highest BCUT2D eigenvalue weighted by Gasteiger charge is 2.14. The predicted molar refractivity (Wildman–Crippen MR) is 88.1 cm³/mol. The van der Waals surface area contributed by atoms with Crippen LogP contribution in [0.5, 0.6) is 5.75 Å². The first-order chi connectivity index (χ1) is 10.3. The largest absolute Gasteiger partial charge is 0.497 e. The summed E-state index contributed by atoms with van der Waals surface area (Å²) in [5.74, 6) is 0.886. The summed E-state index contributed by atoms with van der Waals surface area (Å²) in [7, 11) is 1.71. The molecule has 0 bridgehead atoms. The summed E-state index contributed by atoms with van der Waals surface area (Å²) in [6.07, 6.45) is 7.97. The fourth-order valence-corrected chi connectivity index (χ4v) is 3.23. The van der Waals surface area contributed by atoms with E-state index in [-0.39, 0.29) is 0 Å². The van der Waals surface area contributed by atoms with Crippen LogP contribution in [-0.4, -0.2) is 18.1 Å². The number of aromatic nitrogens is 1. The van der Waals surface area contributed by atoms with E-state index in [2.05, 4.69) is 29.4 Å². The maximum atomic E-state index is 5.36. The van der Waals surface area contributed by atoms with Crippen molar-refractivity contribution in [3.05, 3.63) is 30.0 Å². The van der Waals surface area contributed by atoms with Gasteiger partial charge in [0, 0.05) is 22.8 Å². The zero-order valence-corrected chi connectivity index (χ0v) is 13.0. The first kappa shape index (κ1) is 14.2. The first-order valence-corrected chi connectivity index (χ1v) is 7.98. The third-order valence-electron chi connectivity index (χ3n) is 4.36. The van der Waals surface area contributed by atoms with Gasteiger partial charge in [-0.15, -0.1) is 0 Å². The molecule has 1 aromatic carbocycles. The molecule has 1 aliphatic rings. The van der Waals surface area contributed by atoms with Crippen LogP contribution >= 0.6 is 0 Å². The summed E-state index contributed by atoms with van der Waals surface area (Å²) >= 11 is 0. The van der Waals surface area contributed by atoms with Crippen LogP contribution in [0, 0.1) is 6.92 Å². The van der Waals surface area contributed by atoms with E-state index in [4.69, 9.17) is 4.74 Å². The summed E-state index contributed by atoms with van der Waals surface area (Å²) < 4.78 is 5.36. The lowest BCUT2D eigenvalue weighted by molar-refractivity contribution is 0.415. The Labute approximate surface area is 126 Å². The maximum Gasteiger partial charge on any atom is 0.119 e. The van der Waals surface area contributed by atoms with Crippen LogP contribution in [0.3, 0.4) is 0 Å². The molecule has 1 aliphatic carbocycles. The van der Waals surface area contributed by atoms with E-state index < -0.39 is 0 Å². The van der Waals surface area contributed by atoms with Gasteiger partial charge >= 0.3 is 0 Å². The van der Waals surface area contributed by atoms with Gasteiger partial charge in [0.15, 0.2) is 0 Å². The third kappa shape index (κ3) is 3.29. The summed E-state index contributed by atoms with van der Waals surface area (Å²) in [4.78, 5) is 4.63. The number of benzene rings is 1. The minimum Gasteiger partial charge on any atom is -0.497 e. The average molecular weight is 284 g/mol. The number of pyridine rings is 1. The molecule has 2 aromatic rings. The number of hydrogen-bond acceptors (Lipinski definition) is 3. The minimum absolute atomic E-state index is 0.587. The number of aryl methyl sites for hydroxylation is 1. The molecule has 1 heterocycles. The molecule has 1 aromatic heterocycles. The van der Waals surface area contributed by atoms with Crippen LogP contribution in [-0.2, 0) is 0 Å². The predicted octanol–water partition coefficient (Wildman–Crippen LogP) is 4.69. The molecule has 1 fully saturated rings. The Hall–Kier alpha value is -1.77. The van der Waals surface area contributed by atoms with Crippen molar-refractivity contribution in [2.45, 2.75) is 51.5 Å². The van der Waals surface area contributed by atoms with Gasteiger partial charge in [0.05, 0.1) is 12.6 Å². The summed E-state index contributed by atoms with van der Waals surface area (Å²) in [6, 6.07) is 8.85. The zero-order valence-electron chi connectivity index (χ0n) is 13.0. The molecule has 0 unspecified atom stereocenters. The van der Waals surface area contributed by atoms with Crippen molar-refractivity contribution >= 4 is 16.6 Å². The second-order valence-electron chi connectivity index (χ2n) is 6.03. The van der Waals surface area contributed by atoms with Crippen molar-refractivity contribution < 1.29 is 4.74 Å². The standard InChI is InChI=1S/C18H24N2O/c1-13-11-18(20-14-7-5-3-4-6-8-14)16-12-15(21-2)9-10-17(16)19-13/h9-12,14H,3-8H2,1-2H3,(H,19,20). The molecule has 0 radical (unpaired) electrons. The second kappa shape index (κ2) is 6.33. The lowest BCUT2D eigenvalue weighted by Gasteiger charge is -2.19. The van der Waals surface area contributed by atoms with Crippen molar-refractivity contribution in [1.82, 2.24) is 4.98 Å². The number of methoxy groups -OCH3 is 1. The van der Waals surface area contributed by atoms with E-state index in [0.29, 0.717) is 6.04 Å². The first-order valence-electron chi connectivity index (χ1n) is 7.98. The average Bonchev–Trinajstić information content (AvgIpc) is 2.75. The van der Waals surface area contributed by atoms with E-state index in [1.807, 2.05) is 12.1 Å². The molecule has 0 aliphatic heterocycles. The minimum atomic E-state index is 0.587. The van der Waals surface area contributed by atoms with Gasteiger partial charge in [-0.3, -0.25) is 4.98 Å². The van der Waals surface area contributed by atoms with Crippen molar-refractivity contribution in [2.75, 3.05) is 12.4 Å². The van der Waals surface area contributed by atoms with Crippen molar-refractivity contribution in [3.63, 3.8) is 0 Å². The van der Waals surface area contributed by atoms with Gasteiger partial charge in [-0.25, -0.2) is 0 Å². The summed E-state index contributed by atoms with van der Waals surface area (Å²) in [5, 5.41) is 4.92. The van der Waals surface area contributed by atoms with Crippen molar-refractivity contribution in [1.29, 1.82) is 0 Å². The quantitative estimate of drug-likeness (QED) is 0.830. The molecule has 3 rings (SSSR count). The van der Waals surface area contributed by atoms with E-state index in [1.165, 1.54) is 44.2 Å². The van der Waals surface area contributed by atoms with Crippen LogP contribution in [0.15, 0.2) is 24.3 Å². The topological polar surface area (TPSA) is 34.1 Å². The number of nitrogens with zero attached hydrogens (tertiary/aromatic N) is 1. The molecule has 21 heavy (non-hydrogen) atoms. The highest BCUT2D eigenvalue weighted by molar-refractivity contribution is 5.92. The zero-order chi connectivity index (χ0) is 14.7. The van der Waals surface area contributed by atoms with E-state index >= 15 is 0 Å². The Morgan fingerprint density at radius 1 is 1.10 bits per heavy atom. The molecule has 0 saturated heterocycles. The summed E-state index contributed by atoms with van der Waals surface area (Å²) in [6.45, 7) is 2.06. The molecule has 0 atom stereocenters. The summed E-state index contributed by atoms with van der Waals surface area (Å²) in [5.41, 5.74) is 3.29. The van der Waals surface area contributed by atoms with Crippen molar-refractivity contribution in [3.8, 4) is 5.75 Å². The highest BCUT2D eigenvalue weighted by Crippen LogP contribution is 2.29. The normalized spacial score (nSPS) is 16.7. The number of rotatable bonds is 3. The number of nitrogens with one attached hydrogen (secondary N) is 1. The number of ether oxygens (including phenoxy) is 1.